The molecule has 7 rings (SSSR count). The summed E-state index contributed by atoms with van der Waals surface area (Å²) in [6.45, 7) is 6.15. The van der Waals surface area contributed by atoms with Crippen LogP contribution >= 0.6 is 12.4 Å². The predicted octanol–water partition coefficient (Wildman–Crippen LogP) is 3.65. The molecule has 1 aliphatic carbocycles. The normalized spacial score (nSPS) is 17.6. The van der Waals surface area contributed by atoms with Crippen molar-refractivity contribution in [3.63, 3.8) is 0 Å². The van der Waals surface area contributed by atoms with Gasteiger partial charge in [0, 0.05) is 61.8 Å². The molecule has 0 amide bonds. The van der Waals surface area contributed by atoms with E-state index in [0.29, 0.717) is 0 Å². The highest BCUT2D eigenvalue weighted by Gasteiger charge is 2.51. The molecule has 2 fully saturated rings. The lowest BCUT2D eigenvalue weighted by atomic mass is 9.96. The van der Waals surface area contributed by atoms with Crippen molar-refractivity contribution in [2.75, 3.05) is 31.1 Å². The van der Waals surface area contributed by atoms with Gasteiger partial charge in [0.2, 0.25) is 0 Å². The molecule has 1 saturated carbocycles. The quantitative estimate of drug-likeness (QED) is 0.464. The van der Waals surface area contributed by atoms with Crippen LogP contribution in [0.15, 0.2) is 59.9 Å². The molecule has 8 nitrogen and oxygen atoms in total. The number of hydrogen-bond acceptors (Lipinski definition) is 6. The zero-order chi connectivity index (χ0) is 23.6. The van der Waals surface area contributed by atoms with Crippen LogP contribution in [-0.4, -0.2) is 56.4 Å². The summed E-state index contributed by atoms with van der Waals surface area (Å²) in [5, 5.41) is 16.9. The average Bonchev–Trinajstić information content (AvgIpc) is 3.41. The Morgan fingerprint density at radius 2 is 1.67 bits per heavy atom. The van der Waals surface area contributed by atoms with Crippen LogP contribution in [-0.2, 0) is 12.6 Å². The molecule has 36 heavy (non-hydrogen) atoms. The first-order chi connectivity index (χ1) is 17.1. The zero-order valence-electron chi connectivity index (χ0n) is 20.5. The highest BCUT2D eigenvalue weighted by Crippen LogP contribution is 2.51. The maximum absolute atomic E-state index is 5.42. The number of aryl methyl sites for hydroxylation is 2. The summed E-state index contributed by atoms with van der Waals surface area (Å²) in [5.74, 6) is 1.85. The van der Waals surface area contributed by atoms with Crippen molar-refractivity contribution < 1.29 is 0 Å². The van der Waals surface area contributed by atoms with E-state index < -0.39 is 0 Å². The summed E-state index contributed by atoms with van der Waals surface area (Å²) < 4.78 is 4.05. The summed E-state index contributed by atoms with van der Waals surface area (Å²) in [7, 11) is 1.95. The number of aliphatic imine (C=N–C) groups is 1. The first-order valence-corrected chi connectivity index (χ1v) is 12.3. The van der Waals surface area contributed by atoms with Gasteiger partial charge < -0.3 is 10.2 Å². The van der Waals surface area contributed by atoms with Gasteiger partial charge in [-0.05, 0) is 49.6 Å². The molecular formula is C27H29ClN8. The molecule has 1 N–H and O–H groups in total. The topological polar surface area (TPSA) is 76.2 Å². The average molecular weight is 501 g/mol. The SMILES string of the molecule is Cc1nnc2n1-c1ccc(-c3cnn(C)c3)cc1C(c1ccc(N3CCNCC3)cc1)=NC21CC1.Cl. The van der Waals surface area contributed by atoms with E-state index in [-0.39, 0.29) is 17.9 Å². The van der Waals surface area contributed by atoms with Gasteiger partial charge in [0.25, 0.3) is 0 Å². The number of piperazine rings is 1. The minimum absolute atomic E-state index is 0. The number of aromatic nitrogens is 5. The summed E-state index contributed by atoms with van der Waals surface area (Å²) in [6, 6.07) is 15.5. The monoisotopic (exact) mass is 500 g/mol. The summed E-state index contributed by atoms with van der Waals surface area (Å²) in [5.41, 5.74) is 7.55. The predicted molar refractivity (Wildman–Crippen MR) is 144 cm³/mol. The Kier molecular flexibility index (Phi) is 5.46. The van der Waals surface area contributed by atoms with E-state index in [1.165, 1.54) is 5.69 Å². The van der Waals surface area contributed by atoms with Crippen LogP contribution < -0.4 is 10.2 Å². The summed E-state index contributed by atoms with van der Waals surface area (Å²) in [6.07, 6.45) is 5.96. The second-order valence-corrected chi connectivity index (χ2v) is 9.82. The number of rotatable bonds is 3. The molecule has 1 spiro atoms. The van der Waals surface area contributed by atoms with Crippen LogP contribution in [0.4, 0.5) is 5.69 Å². The largest absolute Gasteiger partial charge is 0.369 e. The minimum atomic E-state index is -0.290. The highest BCUT2D eigenvalue weighted by atomic mass is 35.5. The van der Waals surface area contributed by atoms with Crippen molar-refractivity contribution in [2.45, 2.75) is 25.3 Å². The van der Waals surface area contributed by atoms with E-state index in [0.717, 1.165) is 84.3 Å². The number of nitrogens with one attached hydrogen (secondary N) is 1. The molecule has 4 aromatic rings. The lowest BCUT2D eigenvalue weighted by Crippen LogP contribution is -2.43. The number of nitrogens with zero attached hydrogens (tertiary/aromatic N) is 7. The number of benzene rings is 2. The molecule has 0 bridgehead atoms. The van der Waals surface area contributed by atoms with Crippen molar-refractivity contribution in [3.8, 4) is 16.8 Å². The minimum Gasteiger partial charge on any atom is -0.369 e. The number of anilines is 1. The van der Waals surface area contributed by atoms with E-state index in [2.05, 4.69) is 78.7 Å². The molecule has 9 heteroatoms. The van der Waals surface area contributed by atoms with Crippen LogP contribution in [0, 0.1) is 6.92 Å². The fourth-order valence-electron chi connectivity index (χ4n) is 5.37. The number of halogens is 1. The highest BCUT2D eigenvalue weighted by molar-refractivity contribution is 6.16. The maximum Gasteiger partial charge on any atom is 0.165 e. The fraction of sp³-hybridized carbons (Fsp3) is 0.333. The second kappa shape index (κ2) is 8.57. The van der Waals surface area contributed by atoms with E-state index >= 15 is 0 Å². The van der Waals surface area contributed by atoms with Gasteiger partial charge in [0.15, 0.2) is 5.82 Å². The number of fused-ring (bicyclic) bond motifs is 4. The van der Waals surface area contributed by atoms with Gasteiger partial charge in [0.1, 0.15) is 11.4 Å². The van der Waals surface area contributed by atoms with Crippen molar-refractivity contribution in [1.82, 2.24) is 29.9 Å². The number of hydrogen-bond donors (Lipinski definition) is 1. The Morgan fingerprint density at radius 3 is 2.36 bits per heavy atom. The molecule has 0 unspecified atom stereocenters. The summed E-state index contributed by atoms with van der Waals surface area (Å²) in [4.78, 5) is 7.86. The Bertz CT molecular complexity index is 1460. The molecular weight excluding hydrogens is 472 g/mol. The van der Waals surface area contributed by atoms with Crippen LogP contribution in [0.25, 0.3) is 16.8 Å². The fourth-order valence-corrected chi connectivity index (χ4v) is 5.37. The second-order valence-electron chi connectivity index (χ2n) is 9.82. The van der Waals surface area contributed by atoms with E-state index in [4.69, 9.17) is 4.99 Å². The Balaban J connectivity index is 0.00000240. The van der Waals surface area contributed by atoms with Crippen LogP contribution in [0.5, 0.6) is 0 Å². The van der Waals surface area contributed by atoms with Crippen LogP contribution in [0.3, 0.4) is 0 Å². The van der Waals surface area contributed by atoms with Crippen LogP contribution in [0.2, 0.25) is 0 Å². The Labute approximate surface area is 216 Å². The van der Waals surface area contributed by atoms with Crippen LogP contribution in [0.1, 0.15) is 35.6 Å². The molecule has 2 aliphatic heterocycles. The molecule has 184 valence electrons. The van der Waals surface area contributed by atoms with Gasteiger partial charge >= 0.3 is 0 Å². The third-order valence-corrected chi connectivity index (χ3v) is 7.44. The van der Waals surface area contributed by atoms with Crippen molar-refractivity contribution in [1.29, 1.82) is 0 Å². The molecule has 0 radical (unpaired) electrons. The molecule has 1 saturated heterocycles. The molecule has 2 aromatic carbocycles. The third-order valence-electron chi connectivity index (χ3n) is 7.44. The standard InChI is InChI=1S/C27H28N8.ClH/c1-18-31-32-26-27(9-10-27)30-25(19-3-6-22(7-4-19)34-13-11-28-12-14-34)23-15-20(5-8-24(23)35(18)26)21-16-29-33(2)17-21;/h3-8,15-17,28H,9-14H2,1-2H3;1H. The van der Waals surface area contributed by atoms with E-state index in [1.54, 1.807) is 0 Å². The lowest BCUT2D eigenvalue weighted by molar-refractivity contribution is 0.589. The zero-order valence-corrected chi connectivity index (χ0v) is 21.3. The third kappa shape index (κ3) is 3.63. The Hall–Kier alpha value is -3.49. The van der Waals surface area contributed by atoms with Crippen molar-refractivity contribution in [2.24, 2.45) is 12.0 Å². The van der Waals surface area contributed by atoms with Crippen molar-refractivity contribution in [3.05, 3.63) is 77.6 Å². The van der Waals surface area contributed by atoms with E-state index in [1.807, 2.05) is 24.9 Å². The van der Waals surface area contributed by atoms with Gasteiger partial charge in [-0.25, -0.2) is 0 Å². The van der Waals surface area contributed by atoms with Crippen molar-refractivity contribution >= 4 is 23.8 Å². The maximum atomic E-state index is 5.42. The van der Waals surface area contributed by atoms with Gasteiger partial charge in [-0.15, -0.1) is 22.6 Å². The summed E-state index contributed by atoms with van der Waals surface area (Å²) >= 11 is 0. The lowest BCUT2D eigenvalue weighted by Gasteiger charge is -2.29. The van der Waals surface area contributed by atoms with Gasteiger partial charge in [0.05, 0.1) is 17.6 Å². The molecule has 4 heterocycles. The molecule has 3 aliphatic rings. The Morgan fingerprint density at radius 1 is 0.917 bits per heavy atom. The smallest absolute Gasteiger partial charge is 0.165 e. The van der Waals surface area contributed by atoms with Gasteiger partial charge in [-0.2, -0.15) is 5.10 Å². The molecule has 0 atom stereocenters. The first kappa shape index (κ1) is 22.9. The van der Waals surface area contributed by atoms with Gasteiger partial charge in [-0.3, -0.25) is 14.2 Å². The first-order valence-electron chi connectivity index (χ1n) is 12.3. The van der Waals surface area contributed by atoms with Gasteiger partial charge in [-0.1, -0.05) is 18.2 Å². The molecule has 2 aromatic heterocycles. The van der Waals surface area contributed by atoms with E-state index in [9.17, 15) is 0 Å².